The average Bonchev–Trinajstić information content (AvgIpc) is 2.57. The Morgan fingerprint density at radius 1 is 0.960 bits per heavy atom. The van der Waals surface area contributed by atoms with Crippen LogP contribution in [0.3, 0.4) is 0 Å². The smallest absolute Gasteiger partial charge is 0.261 e. The van der Waals surface area contributed by atoms with Crippen LogP contribution >= 0.6 is 0 Å². The van der Waals surface area contributed by atoms with Gasteiger partial charge in [0.1, 0.15) is 5.75 Å². The highest BCUT2D eigenvalue weighted by Crippen LogP contribution is 2.27. The minimum absolute atomic E-state index is 0.0572. The fraction of sp³-hybridized carbons (Fsp3) is 0.409. The molecule has 25 heavy (non-hydrogen) atoms. The number of rotatable bonds is 6. The van der Waals surface area contributed by atoms with Crippen LogP contribution in [0.2, 0.25) is 0 Å². The summed E-state index contributed by atoms with van der Waals surface area (Å²) >= 11 is 0. The molecule has 0 aliphatic rings. The summed E-state index contributed by atoms with van der Waals surface area (Å²) in [5, 5.41) is 3.05. The van der Waals surface area contributed by atoms with Crippen LogP contribution in [0.15, 0.2) is 42.5 Å². The van der Waals surface area contributed by atoms with Gasteiger partial charge in [0.2, 0.25) is 0 Å². The molecule has 0 aromatic heterocycles. The summed E-state index contributed by atoms with van der Waals surface area (Å²) in [4.78, 5) is 12.5. The van der Waals surface area contributed by atoms with E-state index in [9.17, 15) is 4.79 Å². The van der Waals surface area contributed by atoms with Gasteiger partial charge in [0.25, 0.3) is 5.91 Å². The van der Waals surface area contributed by atoms with E-state index in [2.05, 4.69) is 51.2 Å². The van der Waals surface area contributed by atoms with Gasteiger partial charge >= 0.3 is 0 Å². The highest BCUT2D eigenvalue weighted by Gasteiger charge is 2.19. The Hall–Kier alpha value is -2.29. The molecule has 0 spiro atoms. The molecule has 0 fully saturated rings. The predicted octanol–water partition coefficient (Wildman–Crippen LogP) is 5.07. The molecule has 0 saturated carbocycles. The Morgan fingerprint density at radius 2 is 1.64 bits per heavy atom. The summed E-state index contributed by atoms with van der Waals surface area (Å²) in [5.74, 6) is 1.02. The lowest BCUT2D eigenvalue weighted by Crippen LogP contribution is -2.38. The summed E-state index contributed by atoms with van der Waals surface area (Å²) < 4.78 is 5.94. The lowest BCUT2D eigenvalue weighted by atomic mass is 10.0. The van der Waals surface area contributed by atoms with Crippen molar-refractivity contribution in [1.82, 2.24) is 5.32 Å². The average molecular weight is 339 g/mol. The standard InChI is InChI=1S/C22H29NO2/c1-14(2)20-9-7-8-10-21(20)25-18(6)22(24)23-17(5)19-12-11-15(3)16(4)13-19/h7-14,17-18H,1-6H3,(H,23,24). The molecule has 2 aromatic carbocycles. The molecule has 2 aromatic rings. The number of amides is 1. The number of nitrogens with one attached hydrogen (secondary N) is 1. The monoisotopic (exact) mass is 339 g/mol. The van der Waals surface area contributed by atoms with E-state index in [4.69, 9.17) is 4.74 Å². The first kappa shape index (κ1) is 19.0. The fourth-order valence-corrected chi connectivity index (χ4v) is 2.76. The van der Waals surface area contributed by atoms with Crippen LogP contribution in [0.25, 0.3) is 0 Å². The number of hydrogen-bond donors (Lipinski definition) is 1. The van der Waals surface area contributed by atoms with Crippen LogP contribution < -0.4 is 10.1 Å². The van der Waals surface area contributed by atoms with E-state index >= 15 is 0 Å². The summed E-state index contributed by atoms with van der Waals surface area (Å²) in [5.41, 5.74) is 4.70. The van der Waals surface area contributed by atoms with Crippen molar-refractivity contribution in [2.45, 2.75) is 59.6 Å². The zero-order valence-corrected chi connectivity index (χ0v) is 16.1. The second-order valence-electron chi connectivity index (χ2n) is 7.03. The Morgan fingerprint density at radius 3 is 2.28 bits per heavy atom. The third-order valence-corrected chi connectivity index (χ3v) is 4.60. The molecule has 0 heterocycles. The lowest BCUT2D eigenvalue weighted by Gasteiger charge is -2.21. The largest absolute Gasteiger partial charge is 0.481 e. The van der Waals surface area contributed by atoms with Gasteiger partial charge in [-0.05, 0) is 61.9 Å². The molecule has 2 atom stereocenters. The van der Waals surface area contributed by atoms with Gasteiger partial charge < -0.3 is 10.1 Å². The highest BCUT2D eigenvalue weighted by atomic mass is 16.5. The zero-order chi connectivity index (χ0) is 18.6. The zero-order valence-electron chi connectivity index (χ0n) is 16.1. The van der Waals surface area contributed by atoms with Crippen LogP contribution in [0.1, 0.15) is 61.9 Å². The normalized spacial score (nSPS) is 13.4. The Balaban J connectivity index is 2.04. The minimum Gasteiger partial charge on any atom is -0.481 e. The van der Waals surface area contributed by atoms with Gasteiger partial charge in [-0.25, -0.2) is 0 Å². The van der Waals surface area contributed by atoms with Crippen molar-refractivity contribution in [3.63, 3.8) is 0 Å². The number of benzene rings is 2. The number of aryl methyl sites for hydroxylation is 2. The Labute approximate surface area is 151 Å². The summed E-state index contributed by atoms with van der Waals surface area (Å²) in [6.45, 7) is 12.2. The van der Waals surface area contributed by atoms with E-state index in [1.54, 1.807) is 6.92 Å². The van der Waals surface area contributed by atoms with Gasteiger partial charge in [0.15, 0.2) is 6.10 Å². The number of carbonyl (C=O) groups excluding carboxylic acids is 1. The van der Waals surface area contributed by atoms with Crippen molar-refractivity contribution in [2.75, 3.05) is 0 Å². The molecule has 2 unspecified atom stereocenters. The van der Waals surface area contributed by atoms with E-state index in [1.165, 1.54) is 11.1 Å². The quantitative estimate of drug-likeness (QED) is 0.798. The highest BCUT2D eigenvalue weighted by molar-refractivity contribution is 5.81. The number of ether oxygens (including phenoxy) is 1. The first-order chi connectivity index (χ1) is 11.8. The predicted molar refractivity (Wildman–Crippen MR) is 103 cm³/mol. The van der Waals surface area contributed by atoms with E-state index in [1.807, 2.05) is 31.2 Å². The van der Waals surface area contributed by atoms with Crippen molar-refractivity contribution in [2.24, 2.45) is 0 Å². The van der Waals surface area contributed by atoms with Crippen LogP contribution in [0, 0.1) is 13.8 Å². The first-order valence-corrected chi connectivity index (χ1v) is 8.92. The maximum atomic E-state index is 12.5. The molecule has 0 saturated heterocycles. The second kappa shape index (κ2) is 8.19. The summed E-state index contributed by atoms with van der Waals surface area (Å²) in [6.07, 6.45) is -0.547. The molecule has 1 amide bonds. The molecule has 2 rings (SSSR count). The number of hydrogen-bond acceptors (Lipinski definition) is 2. The SMILES string of the molecule is Cc1ccc(C(C)NC(=O)C(C)Oc2ccccc2C(C)C)cc1C. The summed E-state index contributed by atoms with van der Waals surface area (Å²) in [6, 6.07) is 14.1. The van der Waals surface area contributed by atoms with Gasteiger partial charge in [-0.15, -0.1) is 0 Å². The van der Waals surface area contributed by atoms with Crippen molar-refractivity contribution >= 4 is 5.91 Å². The van der Waals surface area contributed by atoms with Crippen molar-refractivity contribution < 1.29 is 9.53 Å². The number of carbonyl (C=O) groups is 1. The van der Waals surface area contributed by atoms with Gasteiger partial charge in [0.05, 0.1) is 6.04 Å². The van der Waals surface area contributed by atoms with E-state index in [0.29, 0.717) is 5.92 Å². The van der Waals surface area contributed by atoms with Crippen molar-refractivity contribution in [3.8, 4) is 5.75 Å². The van der Waals surface area contributed by atoms with Gasteiger partial charge in [-0.3, -0.25) is 4.79 Å². The minimum atomic E-state index is -0.547. The van der Waals surface area contributed by atoms with Gasteiger partial charge in [0, 0.05) is 0 Å². The van der Waals surface area contributed by atoms with Gasteiger partial charge in [-0.2, -0.15) is 0 Å². The maximum absolute atomic E-state index is 12.5. The second-order valence-corrected chi connectivity index (χ2v) is 7.03. The molecule has 3 nitrogen and oxygen atoms in total. The third-order valence-electron chi connectivity index (χ3n) is 4.60. The third kappa shape index (κ3) is 4.85. The maximum Gasteiger partial charge on any atom is 0.261 e. The molecule has 3 heteroatoms. The molecule has 0 aliphatic heterocycles. The Bertz CT molecular complexity index is 737. The molecule has 0 aliphatic carbocycles. The van der Waals surface area contributed by atoms with E-state index in [-0.39, 0.29) is 11.9 Å². The van der Waals surface area contributed by atoms with Crippen LogP contribution in [0.5, 0.6) is 5.75 Å². The number of para-hydroxylation sites is 1. The van der Waals surface area contributed by atoms with Crippen molar-refractivity contribution in [3.05, 3.63) is 64.7 Å². The van der Waals surface area contributed by atoms with Crippen LogP contribution in [0.4, 0.5) is 0 Å². The summed E-state index contributed by atoms with van der Waals surface area (Å²) in [7, 11) is 0. The molecule has 1 N–H and O–H groups in total. The topological polar surface area (TPSA) is 38.3 Å². The van der Waals surface area contributed by atoms with Crippen LogP contribution in [-0.4, -0.2) is 12.0 Å². The van der Waals surface area contributed by atoms with Crippen molar-refractivity contribution in [1.29, 1.82) is 0 Å². The molecular weight excluding hydrogens is 310 g/mol. The molecule has 0 radical (unpaired) electrons. The Kier molecular flexibility index (Phi) is 6.24. The van der Waals surface area contributed by atoms with E-state index < -0.39 is 6.10 Å². The molecule has 134 valence electrons. The first-order valence-electron chi connectivity index (χ1n) is 8.92. The fourth-order valence-electron chi connectivity index (χ4n) is 2.76. The van der Waals surface area contributed by atoms with Gasteiger partial charge in [-0.1, -0.05) is 50.2 Å². The van der Waals surface area contributed by atoms with E-state index in [0.717, 1.165) is 16.9 Å². The van der Waals surface area contributed by atoms with Crippen LogP contribution in [-0.2, 0) is 4.79 Å². The lowest BCUT2D eigenvalue weighted by molar-refractivity contribution is -0.127. The molecular formula is C22H29NO2. The molecule has 0 bridgehead atoms.